The molecule has 156 valence electrons. The fourth-order valence-corrected chi connectivity index (χ4v) is 5.68. The van der Waals surface area contributed by atoms with Crippen molar-refractivity contribution in [3.05, 3.63) is 41.1 Å². The van der Waals surface area contributed by atoms with Crippen molar-refractivity contribution >= 4 is 23.1 Å². The molecule has 3 N–H and O–H groups in total. The molecule has 0 bridgehead atoms. The molecule has 0 saturated carbocycles. The Hall–Kier alpha value is -1.70. The van der Waals surface area contributed by atoms with E-state index < -0.39 is 6.17 Å². The fourth-order valence-electron chi connectivity index (χ4n) is 4.71. The predicted molar refractivity (Wildman–Crippen MR) is 117 cm³/mol. The van der Waals surface area contributed by atoms with Crippen LogP contribution in [0.4, 0.5) is 15.8 Å². The molecule has 3 heterocycles. The number of nitrogen functional groups attached to an aromatic ring is 1. The van der Waals surface area contributed by atoms with E-state index in [4.69, 9.17) is 10.5 Å². The Balaban J connectivity index is 1.26. The maximum absolute atomic E-state index is 13.9. The average molecular weight is 417 g/mol. The summed E-state index contributed by atoms with van der Waals surface area (Å²) in [5, 5.41) is 3.63. The Kier molecular flexibility index (Phi) is 5.45. The minimum Gasteiger partial charge on any atom is -0.398 e. The van der Waals surface area contributed by atoms with E-state index >= 15 is 0 Å². The van der Waals surface area contributed by atoms with Crippen molar-refractivity contribution in [1.29, 1.82) is 0 Å². The van der Waals surface area contributed by atoms with Gasteiger partial charge in [-0.15, -0.1) is 11.8 Å². The molecule has 7 heteroatoms. The third-order valence-corrected chi connectivity index (χ3v) is 7.55. The number of thioether (sulfide) groups is 1. The number of anilines is 2. The number of fused-ring (bicyclic) bond motifs is 2. The monoisotopic (exact) mass is 416 g/mol. The summed E-state index contributed by atoms with van der Waals surface area (Å²) in [6.45, 7) is 5.40. The Labute approximate surface area is 176 Å². The molecule has 4 aliphatic rings. The molecule has 2 unspecified atom stereocenters. The van der Waals surface area contributed by atoms with Crippen LogP contribution in [0.15, 0.2) is 46.0 Å². The highest BCUT2D eigenvalue weighted by Crippen LogP contribution is 2.38. The van der Waals surface area contributed by atoms with Crippen LogP contribution in [0.25, 0.3) is 0 Å². The van der Waals surface area contributed by atoms with Crippen molar-refractivity contribution in [2.75, 3.05) is 55.9 Å². The average Bonchev–Trinajstić information content (AvgIpc) is 3.10. The normalized spacial score (nSPS) is 27.3. The van der Waals surface area contributed by atoms with Crippen LogP contribution in [0.1, 0.15) is 19.3 Å². The standard InChI is InChI=1S/C22H29FN4OS/c23-15-1-3-20-17(11-15)18-13-27(6-5-21(18)25-20)16-2-4-22(19(24)12-16)29-14-26-7-9-28-10-8-26/h2,4,11-12,15,20,25H,1,3,5-10,13-14,24H2. The van der Waals surface area contributed by atoms with E-state index in [2.05, 4.69) is 33.3 Å². The van der Waals surface area contributed by atoms with E-state index in [1.54, 1.807) is 11.8 Å². The highest BCUT2D eigenvalue weighted by atomic mass is 32.2. The molecule has 3 aliphatic heterocycles. The van der Waals surface area contributed by atoms with Gasteiger partial charge in [0.05, 0.1) is 19.3 Å². The van der Waals surface area contributed by atoms with Crippen LogP contribution >= 0.6 is 11.8 Å². The molecule has 5 nitrogen and oxygen atoms in total. The lowest BCUT2D eigenvalue weighted by Gasteiger charge is -2.31. The van der Waals surface area contributed by atoms with Gasteiger partial charge >= 0.3 is 0 Å². The number of hydrogen-bond acceptors (Lipinski definition) is 6. The third-order valence-electron chi connectivity index (χ3n) is 6.37. The number of halogens is 1. The first-order valence-corrected chi connectivity index (χ1v) is 11.6. The molecule has 5 rings (SSSR count). The first kappa shape index (κ1) is 19.3. The van der Waals surface area contributed by atoms with Crippen molar-refractivity contribution < 1.29 is 9.13 Å². The first-order chi connectivity index (χ1) is 14.2. The van der Waals surface area contributed by atoms with Crippen molar-refractivity contribution in [2.45, 2.75) is 36.4 Å². The molecule has 0 radical (unpaired) electrons. The van der Waals surface area contributed by atoms with Gasteiger partial charge in [0.1, 0.15) is 6.17 Å². The number of nitrogens with one attached hydrogen (secondary N) is 1. The smallest absolute Gasteiger partial charge is 0.119 e. The molecule has 1 aromatic rings. The SMILES string of the molecule is Nc1cc(N2CCC3=C(C2)C2=CC(F)CCC2N3)ccc1SCN1CCOCC1. The summed E-state index contributed by atoms with van der Waals surface area (Å²) in [5.41, 5.74) is 12.2. The maximum atomic E-state index is 13.9. The molecule has 1 aromatic carbocycles. The van der Waals surface area contributed by atoms with Crippen molar-refractivity contribution in [1.82, 2.24) is 10.2 Å². The summed E-state index contributed by atoms with van der Waals surface area (Å²) in [5.74, 6) is 0.943. The third kappa shape index (κ3) is 4.00. The second-order valence-electron chi connectivity index (χ2n) is 8.27. The highest BCUT2D eigenvalue weighted by molar-refractivity contribution is 7.99. The van der Waals surface area contributed by atoms with Gasteiger partial charge in [0.25, 0.3) is 0 Å². The Morgan fingerprint density at radius 2 is 2.07 bits per heavy atom. The number of hydrogen-bond donors (Lipinski definition) is 2. The van der Waals surface area contributed by atoms with Gasteiger partial charge in [-0.1, -0.05) is 0 Å². The summed E-state index contributed by atoms with van der Waals surface area (Å²) in [6, 6.07) is 6.74. The zero-order valence-corrected chi connectivity index (χ0v) is 17.5. The zero-order valence-electron chi connectivity index (χ0n) is 16.7. The summed E-state index contributed by atoms with van der Waals surface area (Å²) in [4.78, 5) is 5.91. The summed E-state index contributed by atoms with van der Waals surface area (Å²) in [6.07, 6.45) is 3.54. The van der Waals surface area contributed by atoms with Crippen LogP contribution in [0.3, 0.4) is 0 Å². The Bertz CT molecular complexity index is 836. The van der Waals surface area contributed by atoms with Crippen LogP contribution in [-0.2, 0) is 4.74 Å². The number of alkyl halides is 1. The van der Waals surface area contributed by atoms with Crippen molar-refractivity contribution in [2.24, 2.45) is 0 Å². The van der Waals surface area contributed by atoms with Gasteiger partial charge in [0, 0.05) is 60.4 Å². The summed E-state index contributed by atoms with van der Waals surface area (Å²) < 4.78 is 19.3. The van der Waals surface area contributed by atoms with Crippen LogP contribution in [0.5, 0.6) is 0 Å². The number of ether oxygens (including phenoxy) is 1. The van der Waals surface area contributed by atoms with Crippen molar-refractivity contribution in [3.8, 4) is 0 Å². The second-order valence-corrected chi connectivity index (χ2v) is 9.25. The van der Waals surface area contributed by atoms with Crippen LogP contribution < -0.4 is 16.0 Å². The van der Waals surface area contributed by atoms with Gasteiger partial charge in [0.15, 0.2) is 0 Å². The topological polar surface area (TPSA) is 53.8 Å². The van der Waals surface area contributed by atoms with E-state index in [1.807, 2.05) is 6.08 Å². The summed E-state index contributed by atoms with van der Waals surface area (Å²) >= 11 is 1.80. The lowest BCUT2D eigenvalue weighted by atomic mass is 9.89. The van der Waals surface area contributed by atoms with Crippen LogP contribution in [0.2, 0.25) is 0 Å². The second kappa shape index (κ2) is 8.20. The molecule has 0 amide bonds. The van der Waals surface area contributed by atoms with E-state index in [9.17, 15) is 4.39 Å². The van der Waals surface area contributed by atoms with E-state index in [-0.39, 0.29) is 0 Å². The number of allylic oxidation sites excluding steroid dienone is 1. The van der Waals surface area contributed by atoms with Crippen LogP contribution in [-0.4, -0.2) is 62.4 Å². The van der Waals surface area contributed by atoms with E-state index in [1.165, 1.54) is 16.8 Å². The molecular weight excluding hydrogens is 387 g/mol. The number of benzene rings is 1. The largest absolute Gasteiger partial charge is 0.398 e. The number of nitrogens with zero attached hydrogens (tertiary/aromatic N) is 2. The quantitative estimate of drug-likeness (QED) is 0.581. The number of morpholine rings is 1. The van der Waals surface area contributed by atoms with Crippen molar-refractivity contribution in [3.63, 3.8) is 0 Å². The molecule has 2 atom stereocenters. The lowest BCUT2D eigenvalue weighted by Crippen LogP contribution is -2.35. The van der Waals surface area contributed by atoms with E-state index in [0.29, 0.717) is 12.5 Å². The number of nitrogens with two attached hydrogens (primary N) is 1. The zero-order chi connectivity index (χ0) is 19.8. The lowest BCUT2D eigenvalue weighted by molar-refractivity contribution is 0.0474. The number of rotatable bonds is 4. The highest BCUT2D eigenvalue weighted by Gasteiger charge is 2.35. The molecule has 1 aliphatic carbocycles. The van der Waals surface area contributed by atoms with Gasteiger partial charge in [-0.3, -0.25) is 4.90 Å². The van der Waals surface area contributed by atoms with E-state index in [0.717, 1.165) is 74.4 Å². The fraction of sp³-hybridized carbons (Fsp3) is 0.545. The van der Waals surface area contributed by atoms with Crippen LogP contribution in [0, 0.1) is 0 Å². The predicted octanol–water partition coefficient (Wildman–Crippen LogP) is 3.14. The van der Waals surface area contributed by atoms with Gasteiger partial charge in [0.2, 0.25) is 0 Å². The summed E-state index contributed by atoms with van der Waals surface area (Å²) in [7, 11) is 0. The van der Waals surface area contributed by atoms with Gasteiger partial charge in [-0.05, 0) is 48.3 Å². The molecular formula is C22H29FN4OS. The first-order valence-electron chi connectivity index (χ1n) is 10.6. The molecule has 29 heavy (non-hydrogen) atoms. The van der Waals surface area contributed by atoms with Gasteiger partial charge < -0.3 is 20.7 Å². The Morgan fingerprint density at radius 3 is 2.90 bits per heavy atom. The molecule has 1 fully saturated rings. The molecule has 1 saturated heterocycles. The molecule has 0 aromatic heterocycles. The minimum atomic E-state index is -0.802. The maximum Gasteiger partial charge on any atom is 0.119 e. The van der Waals surface area contributed by atoms with Gasteiger partial charge in [-0.2, -0.15) is 0 Å². The van der Waals surface area contributed by atoms with Gasteiger partial charge in [-0.25, -0.2) is 4.39 Å². The minimum absolute atomic E-state index is 0.316. The Morgan fingerprint density at radius 1 is 1.21 bits per heavy atom. The molecule has 0 spiro atoms.